The standard InChI is InChI=1S/C25H36O7/c1-23-12-19(28)22-17(18(23)8-9-25(23,32)20(29)13-26)7-6-15-11-16(27)10-14(24(15,22)2)4-3-5-21(30)31/h11,14,17-19,22,26,28,32H,3-10,12-13H2,1-2H3,(H,30,31)/t14?,17-,18-,19-,22+,23-,24-,25-/m0/s1. The highest BCUT2D eigenvalue weighted by Crippen LogP contribution is 2.68. The lowest BCUT2D eigenvalue weighted by Gasteiger charge is -2.62. The van der Waals surface area contributed by atoms with E-state index in [0.29, 0.717) is 32.1 Å². The monoisotopic (exact) mass is 448 g/mol. The summed E-state index contributed by atoms with van der Waals surface area (Å²) in [6, 6.07) is 0. The maximum atomic E-state index is 12.5. The maximum absolute atomic E-state index is 12.5. The van der Waals surface area contributed by atoms with Crippen LogP contribution in [0.5, 0.6) is 0 Å². The predicted octanol–water partition coefficient (Wildman–Crippen LogP) is 2.26. The van der Waals surface area contributed by atoms with Crippen molar-refractivity contribution in [2.24, 2.45) is 34.5 Å². The average Bonchev–Trinajstić information content (AvgIpc) is 2.99. The smallest absolute Gasteiger partial charge is 0.303 e. The van der Waals surface area contributed by atoms with Crippen molar-refractivity contribution in [2.75, 3.05) is 6.61 Å². The number of carboxylic acids is 1. The highest BCUT2D eigenvalue weighted by atomic mass is 16.4. The Morgan fingerprint density at radius 3 is 2.59 bits per heavy atom. The van der Waals surface area contributed by atoms with Crippen molar-refractivity contribution in [2.45, 2.75) is 83.3 Å². The lowest BCUT2D eigenvalue weighted by Crippen LogP contribution is -2.63. The zero-order valence-corrected chi connectivity index (χ0v) is 19.0. The van der Waals surface area contributed by atoms with Crippen LogP contribution in [0.1, 0.15) is 71.6 Å². The van der Waals surface area contributed by atoms with Crippen molar-refractivity contribution in [3.05, 3.63) is 11.6 Å². The van der Waals surface area contributed by atoms with Crippen molar-refractivity contribution < 1.29 is 34.8 Å². The largest absolute Gasteiger partial charge is 0.481 e. The number of Topliss-reactive ketones (excluding diaryl/α,β-unsaturated/α-hetero) is 1. The average molecular weight is 449 g/mol. The molecule has 0 aromatic rings. The summed E-state index contributed by atoms with van der Waals surface area (Å²) in [5.74, 6) is -1.31. The normalized spacial score (nSPS) is 45.5. The molecule has 0 bridgehead atoms. The molecule has 7 heteroatoms. The zero-order valence-electron chi connectivity index (χ0n) is 19.0. The number of carbonyl (C=O) groups is 3. The molecule has 0 aliphatic heterocycles. The summed E-state index contributed by atoms with van der Waals surface area (Å²) in [6.07, 6.45) is 5.33. The van der Waals surface area contributed by atoms with Crippen LogP contribution in [0.2, 0.25) is 0 Å². The highest BCUT2D eigenvalue weighted by Gasteiger charge is 2.68. The molecule has 0 aromatic heterocycles. The third-order valence-electron chi connectivity index (χ3n) is 9.92. The van der Waals surface area contributed by atoms with Gasteiger partial charge < -0.3 is 20.4 Å². The Morgan fingerprint density at radius 2 is 1.94 bits per heavy atom. The number of aliphatic carboxylic acids is 1. The predicted molar refractivity (Wildman–Crippen MR) is 116 cm³/mol. The van der Waals surface area contributed by atoms with Gasteiger partial charge in [0, 0.05) is 18.3 Å². The molecule has 0 amide bonds. The Kier molecular flexibility index (Phi) is 5.92. The van der Waals surface area contributed by atoms with Gasteiger partial charge in [-0.05, 0) is 80.1 Å². The van der Waals surface area contributed by atoms with Crippen molar-refractivity contribution in [1.82, 2.24) is 0 Å². The van der Waals surface area contributed by atoms with Crippen LogP contribution in [0.3, 0.4) is 0 Å². The first-order valence-electron chi connectivity index (χ1n) is 12.0. The first kappa shape index (κ1) is 23.6. The third-order valence-corrected chi connectivity index (χ3v) is 9.92. The van der Waals surface area contributed by atoms with Crippen LogP contribution in [0.15, 0.2) is 11.6 Å². The first-order chi connectivity index (χ1) is 15.0. The summed E-state index contributed by atoms with van der Waals surface area (Å²) >= 11 is 0. The van der Waals surface area contributed by atoms with E-state index in [0.717, 1.165) is 18.4 Å². The number of aliphatic hydroxyl groups is 3. The topological polar surface area (TPSA) is 132 Å². The fraction of sp³-hybridized carbons (Fsp3) is 0.800. The molecular formula is C25H36O7. The molecular weight excluding hydrogens is 412 g/mol. The third kappa shape index (κ3) is 3.23. The molecule has 0 saturated heterocycles. The van der Waals surface area contributed by atoms with Gasteiger partial charge in [0.05, 0.1) is 6.10 Å². The molecule has 0 aromatic carbocycles. The fourth-order valence-corrected chi connectivity index (χ4v) is 8.37. The summed E-state index contributed by atoms with van der Waals surface area (Å²) in [4.78, 5) is 36.1. The molecule has 8 atom stereocenters. The molecule has 4 aliphatic rings. The molecule has 3 fully saturated rings. The van der Waals surface area contributed by atoms with Crippen molar-refractivity contribution in [1.29, 1.82) is 0 Å². The Morgan fingerprint density at radius 1 is 1.22 bits per heavy atom. The van der Waals surface area contributed by atoms with Crippen LogP contribution in [-0.2, 0) is 14.4 Å². The van der Waals surface area contributed by atoms with E-state index >= 15 is 0 Å². The van der Waals surface area contributed by atoms with Gasteiger partial charge in [-0.15, -0.1) is 0 Å². The SMILES string of the molecule is C[C@]12C[C@H](O)[C@H]3[C@@H](CCC4=CC(=O)CC(CCCC(=O)O)[C@@]43C)[C@@H]1CC[C@]2(O)C(=O)CO. The summed E-state index contributed by atoms with van der Waals surface area (Å²) < 4.78 is 0. The number of hydrogen-bond donors (Lipinski definition) is 4. The Hall–Kier alpha value is -1.57. The van der Waals surface area contributed by atoms with Crippen LogP contribution < -0.4 is 0 Å². The van der Waals surface area contributed by atoms with Gasteiger partial charge in [-0.2, -0.15) is 0 Å². The van der Waals surface area contributed by atoms with E-state index in [2.05, 4.69) is 6.92 Å². The van der Waals surface area contributed by atoms with Gasteiger partial charge in [0.25, 0.3) is 0 Å². The number of rotatable bonds is 6. The molecule has 4 N–H and O–H groups in total. The van der Waals surface area contributed by atoms with Crippen LogP contribution in [0.4, 0.5) is 0 Å². The van der Waals surface area contributed by atoms with Crippen molar-refractivity contribution in [3.63, 3.8) is 0 Å². The Labute approximate surface area is 188 Å². The van der Waals surface area contributed by atoms with E-state index in [1.807, 2.05) is 6.92 Å². The van der Waals surface area contributed by atoms with Gasteiger partial charge in [-0.3, -0.25) is 14.4 Å². The highest BCUT2D eigenvalue weighted by molar-refractivity contribution is 5.92. The Balaban J connectivity index is 1.70. The molecule has 32 heavy (non-hydrogen) atoms. The molecule has 0 radical (unpaired) electrons. The number of carboxylic acid groups (broad SMARTS) is 1. The maximum Gasteiger partial charge on any atom is 0.303 e. The van der Waals surface area contributed by atoms with Crippen LogP contribution in [0, 0.1) is 34.5 Å². The van der Waals surface area contributed by atoms with Gasteiger partial charge in [-0.1, -0.05) is 19.4 Å². The van der Waals surface area contributed by atoms with Gasteiger partial charge in [0.15, 0.2) is 11.6 Å². The number of hydrogen-bond acceptors (Lipinski definition) is 6. The fourth-order valence-electron chi connectivity index (χ4n) is 8.37. The minimum Gasteiger partial charge on any atom is -0.481 e. The zero-order chi connectivity index (χ0) is 23.5. The summed E-state index contributed by atoms with van der Waals surface area (Å²) in [5.41, 5.74) is -1.76. The lowest BCUT2D eigenvalue weighted by atomic mass is 9.43. The van der Waals surface area contributed by atoms with E-state index in [-0.39, 0.29) is 42.3 Å². The first-order valence-corrected chi connectivity index (χ1v) is 12.0. The number of allylic oxidation sites excluding steroid dienone is 1. The minimum absolute atomic E-state index is 0.0273. The van der Waals surface area contributed by atoms with Gasteiger partial charge in [0.1, 0.15) is 12.2 Å². The second-order valence-electron chi connectivity index (χ2n) is 11.1. The molecule has 3 saturated carbocycles. The second-order valence-corrected chi connectivity index (χ2v) is 11.1. The number of aliphatic hydroxyl groups excluding tert-OH is 2. The number of ketones is 2. The molecule has 4 rings (SSSR count). The lowest BCUT2D eigenvalue weighted by molar-refractivity contribution is -0.186. The Bertz CT molecular complexity index is 849. The van der Waals surface area contributed by atoms with Gasteiger partial charge in [-0.25, -0.2) is 0 Å². The number of carbonyl (C=O) groups excluding carboxylic acids is 2. The molecule has 7 nitrogen and oxygen atoms in total. The molecule has 178 valence electrons. The van der Waals surface area contributed by atoms with E-state index in [1.165, 1.54) is 0 Å². The molecule has 4 aliphatic carbocycles. The summed E-state index contributed by atoms with van der Waals surface area (Å²) in [6.45, 7) is 3.32. The second kappa shape index (κ2) is 8.03. The van der Waals surface area contributed by atoms with Gasteiger partial charge >= 0.3 is 5.97 Å². The van der Waals surface area contributed by atoms with Crippen molar-refractivity contribution in [3.8, 4) is 0 Å². The van der Waals surface area contributed by atoms with Crippen LogP contribution in [0.25, 0.3) is 0 Å². The molecule has 1 unspecified atom stereocenters. The van der Waals surface area contributed by atoms with E-state index < -0.39 is 40.9 Å². The van der Waals surface area contributed by atoms with Crippen molar-refractivity contribution >= 4 is 17.5 Å². The van der Waals surface area contributed by atoms with Crippen LogP contribution >= 0.6 is 0 Å². The molecule has 0 spiro atoms. The quantitative estimate of drug-likeness (QED) is 0.490. The summed E-state index contributed by atoms with van der Waals surface area (Å²) in [7, 11) is 0. The van der Waals surface area contributed by atoms with E-state index in [4.69, 9.17) is 5.11 Å². The van der Waals surface area contributed by atoms with Gasteiger partial charge in [0.2, 0.25) is 0 Å². The molecule has 0 heterocycles. The number of fused-ring (bicyclic) bond motifs is 5. The minimum atomic E-state index is -1.63. The summed E-state index contributed by atoms with van der Waals surface area (Å²) in [5, 5.41) is 41.4. The van der Waals surface area contributed by atoms with Crippen LogP contribution in [-0.4, -0.2) is 56.3 Å². The van der Waals surface area contributed by atoms with E-state index in [9.17, 15) is 29.7 Å². The van der Waals surface area contributed by atoms with E-state index in [1.54, 1.807) is 6.08 Å².